The van der Waals surface area contributed by atoms with Gasteiger partial charge in [-0.1, -0.05) is 37.7 Å². The van der Waals surface area contributed by atoms with Crippen LogP contribution in [0.3, 0.4) is 0 Å². The highest BCUT2D eigenvalue weighted by Crippen LogP contribution is 2.10. The highest BCUT2D eigenvalue weighted by Gasteiger charge is 2.18. The molecule has 0 aliphatic rings. The molecular formula is C19H31N5O4S2. The average molecular weight is 458 g/mol. The van der Waals surface area contributed by atoms with Crippen LogP contribution in [0.5, 0.6) is 0 Å². The summed E-state index contributed by atoms with van der Waals surface area (Å²) in [6.07, 6.45) is 0.792. The maximum atomic E-state index is 12.5. The van der Waals surface area contributed by atoms with Crippen molar-refractivity contribution in [1.82, 2.24) is 20.4 Å². The van der Waals surface area contributed by atoms with E-state index < -0.39 is 16.1 Å². The minimum atomic E-state index is -3.86. The average Bonchev–Trinajstić information content (AvgIpc) is 2.67. The quantitative estimate of drug-likeness (QED) is 0.297. The normalized spacial score (nSPS) is 11.9. The van der Waals surface area contributed by atoms with Crippen molar-refractivity contribution in [3.63, 3.8) is 0 Å². The highest BCUT2D eigenvalue weighted by atomic mass is 32.2. The lowest BCUT2D eigenvalue weighted by Crippen LogP contribution is -2.44. The van der Waals surface area contributed by atoms with Gasteiger partial charge in [-0.05, 0) is 37.0 Å². The number of hydrazone groups is 1. The van der Waals surface area contributed by atoms with E-state index in [-0.39, 0.29) is 16.0 Å². The summed E-state index contributed by atoms with van der Waals surface area (Å²) >= 11 is 1.15. The van der Waals surface area contributed by atoms with E-state index in [2.05, 4.69) is 34.4 Å². The summed E-state index contributed by atoms with van der Waals surface area (Å²) in [6.45, 7) is 8.26. The molecule has 2 amide bonds. The fourth-order valence-electron chi connectivity index (χ4n) is 2.30. The largest absolute Gasteiger partial charge is 0.357 e. The number of aryl methyl sites for hydroxylation is 1. The maximum absolute atomic E-state index is 12.5. The number of sulfonamides is 1. The van der Waals surface area contributed by atoms with Crippen molar-refractivity contribution in [2.24, 2.45) is 11.0 Å². The molecule has 9 nitrogen and oxygen atoms in total. The van der Waals surface area contributed by atoms with Crippen LogP contribution in [0.1, 0.15) is 32.8 Å². The fraction of sp³-hybridized carbons (Fsp3) is 0.526. The Labute approximate surface area is 183 Å². The third-order valence-corrected chi connectivity index (χ3v) is 6.09. The van der Waals surface area contributed by atoms with Crippen LogP contribution in [0.4, 0.5) is 4.79 Å². The van der Waals surface area contributed by atoms with Gasteiger partial charge in [0.15, 0.2) is 5.12 Å². The maximum Gasteiger partial charge on any atom is 0.337 e. The van der Waals surface area contributed by atoms with Crippen molar-refractivity contribution in [2.45, 2.75) is 39.0 Å². The second-order valence-corrected chi connectivity index (χ2v) is 10.0. The minimum absolute atomic E-state index is 0.0136. The van der Waals surface area contributed by atoms with E-state index in [1.807, 2.05) is 0 Å². The smallest absolute Gasteiger partial charge is 0.337 e. The van der Waals surface area contributed by atoms with Crippen LogP contribution in [-0.2, 0) is 14.8 Å². The first kappa shape index (κ1) is 25.8. The molecule has 0 spiro atoms. The predicted molar refractivity (Wildman–Crippen MR) is 121 cm³/mol. The molecule has 11 heteroatoms. The molecule has 0 saturated carbocycles. The van der Waals surface area contributed by atoms with E-state index in [9.17, 15) is 18.0 Å². The molecule has 0 atom stereocenters. The molecule has 0 unspecified atom stereocenters. The summed E-state index contributed by atoms with van der Waals surface area (Å²) in [5.41, 5.74) is 3.18. The summed E-state index contributed by atoms with van der Waals surface area (Å²) in [6, 6.07) is 5.98. The van der Waals surface area contributed by atoms with Crippen LogP contribution in [0, 0.1) is 12.8 Å². The Bertz CT molecular complexity index is 856. The summed E-state index contributed by atoms with van der Waals surface area (Å²) in [7, 11) is -2.37. The Morgan fingerprint density at radius 1 is 1.23 bits per heavy atom. The van der Waals surface area contributed by atoms with Gasteiger partial charge < -0.3 is 10.2 Å². The third kappa shape index (κ3) is 9.49. The lowest BCUT2D eigenvalue weighted by atomic mass is 10.1. The number of carbonyl (C=O) groups excluding carboxylic acids is 2. The molecule has 0 radical (unpaired) electrons. The van der Waals surface area contributed by atoms with Crippen molar-refractivity contribution >= 4 is 38.9 Å². The van der Waals surface area contributed by atoms with Crippen LogP contribution in [-0.4, -0.2) is 56.3 Å². The molecule has 0 fully saturated rings. The van der Waals surface area contributed by atoms with Gasteiger partial charge in [0.25, 0.3) is 10.0 Å². The van der Waals surface area contributed by atoms with Crippen LogP contribution in [0.2, 0.25) is 0 Å². The molecular weight excluding hydrogens is 426 g/mol. The van der Waals surface area contributed by atoms with Crippen molar-refractivity contribution in [1.29, 1.82) is 0 Å². The number of carbonyl (C=O) groups is 2. The summed E-state index contributed by atoms with van der Waals surface area (Å²) in [4.78, 5) is 25.3. The van der Waals surface area contributed by atoms with Gasteiger partial charge in [-0.15, -0.1) is 5.10 Å². The molecule has 0 aliphatic heterocycles. The van der Waals surface area contributed by atoms with Crippen molar-refractivity contribution in [2.75, 3.05) is 25.9 Å². The molecule has 0 aromatic heterocycles. The molecule has 3 N–H and O–H groups in total. The van der Waals surface area contributed by atoms with Gasteiger partial charge in [0.2, 0.25) is 5.96 Å². The lowest BCUT2D eigenvalue weighted by Gasteiger charge is -2.22. The third-order valence-electron chi connectivity index (χ3n) is 3.96. The van der Waals surface area contributed by atoms with Gasteiger partial charge in [0, 0.05) is 32.8 Å². The van der Waals surface area contributed by atoms with Gasteiger partial charge in [-0.3, -0.25) is 4.79 Å². The molecule has 0 aliphatic carbocycles. The van der Waals surface area contributed by atoms with E-state index in [0.717, 1.165) is 23.7 Å². The Morgan fingerprint density at radius 2 is 1.93 bits per heavy atom. The number of urea groups is 1. The monoisotopic (exact) mass is 457 g/mol. The Morgan fingerprint density at radius 3 is 2.50 bits per heavy atom. The zero-order chi connectivity index (χ0) is 22.7. The zero-order valence-electron chi connectivity index (χ0n) is 18.1. The van der Waals surface area contributed by atoms with Crippen molar-refractivity contribution in [3.05, 3.63) is 29.8 Å². The van der Waals surface area contributed by atoms with E-state index in [1.165, 1.54) is 26.1 Å². The number of guanidine groups is 1. The second-order valence-electron chi connectivity index (χ2n) is 7.06. The van der Waals surface area contributed by atoms with E-state index in [0.29, 0.717) is 24.8 Å². The highest BCUT2D eigenvalue weighted by molar-refractivity contribution is 8.13. The Hall–Kier alpha value is -2.27. The van der Waals surface area contributed by atoms with Gasteiger partial charge in [0.05, 0.1) is 4.90 Å². The molecule has 0 saturated heterocycles. The van der Waals surface area contributed by atoms with E-state index in [4.69, 9.17) is 0 Å². The molecule has 0 heterocycles. The van der Waals surface area contributed by atoms with E-state index in [1.54, 1.807) is 24.0 Å². The molecule has 0 bridgehead atoms. The molecule has 1 rings (SSSR count). The molecule has 30 heavy (non-hydrogen) atoms. The topological polar surface area (TPSA) is 120 Å². The number of rotatable bonds is 9. The summed E-state index contributed by atoms with van der Waals surface area (Å²) in [5, 5.41) is 6.48. The van der Waals surface area contributed by atoms with E-state index >= 15 is 0 Å². The number of hydrogen-bond acceptors (Lipinski definition) is 6. The van der Waals surface area contributed by atoms with Gasteiger partial charge >= 0.3 is 6.03 Å². The molecule has 1 aromatic rings. The number of nitrogens with one attached hydrogen (secondary N) is 3. The molecule has 168 valence electrons. The van der Waals surface area contributed by atoms with Gasteiger partial charge in [0.1, 0.15) is 0 Å². The predicted octanol–water partition coefficient (Wildman–Crippen LogP) is 2.10. The summed E-state index contributed by atoms with van der Waals surface area (Å²) in [5.74, 6) is 0.758. The first-order valence-electron chi connectivity index (χ1n) is 9.58. The zero-order valence-corrected chi connectivity index (χ0v) is 19.7. The van der Waals surface area contributed by atoms with Crippen molar-refractivity contribution < 1.29 is 18.0 Å². The number of benzene rings is 1. The fourth-order valence-corrected chi connectivity index (χ4v) is 4.02. The first-order valence-corrected chi connectivity index (χ1v) is 12.0. The second kappa shape index (κ2) is 12.4. The first-order chi connectivity index (χ1) is 14.0. The van der Waals surface area contributed by atoms with Gasteiger partial charge in [-0.25, -0.2) is 23.4 Å². The molecule has 1 aromatic carbocycles. The van der Waals surface area contributed by atoms with Crippen molar-refractivity contribution in [3.8, 4) is 0 Å². The minimum Gasteiger partial charge on any atom is -0.357 e. The summed E-state index contributed by atoms with van der Waals surface area (Å²) < 4.78 is 27.4. The standard InChI is InChI=1S/C19H31N5O4S2/c1-14(2)9-10-24(11-12-29-16(4)25)19(26)22-21-18(20-5)23-30(27,28)17-8-6-7-15(3)13-17/h6-8,13-14H,9-12H2,1-5H3,(H,22,26)(H2,20,21,23). The lowest BCUT2D eigenvalue weighted by molar-refractivity contribution is -0.109. The Kier molecular flexibility index (Phi) is 10.7. The van der Waals surface area contributed by atoms with Gasteiger partial charge in [-0.2, -0.15) is 0 Å². The Balaban J connectivity index is 2.83. The van der Waals surface area contributed by atoms with Crippen LogP contribution in [0.15, 0.2) is 34.3 Å². The van der Waals surface area contributed by atoms with Crippen LogP contribution >= 0.6 is 11.8 Å². The number of hydrogen-bond donors (Lipinski definition) is 3. The number of thioether (sulfide) groups is 1. The van der Waals surface area contributed by atoms with Crippen LogP contribution < -0.4 is 15.5 Å². The number of nitrogens with zero attached hydrogens (tertiary/aromatic N) is 2. The number of amides is 2. The van der Waals surface area contributed by atoms with Crippen LogP contribution in [0.25, 0.3) is 0 Å². The SMILES string of the molecule is CNC(=NNC(=O)N(CCSC(C)=O)CCC(C)C)NS(=O)(=O)c1cccc(C)c1.